The number of hydrogen-bond acceptors (Lipinski definition) is 3. The summed E-state index contributed by atoms with van der Waals surface area (Å²) in [5, 5.41) is 4.08. The van der Waals surface area contributed by atoms with E-state index in [1.165, 1.54) is 6.20 Å². The molecule has 0 spiro atoms. The van der Waals surface area contributed by atoms with E-state index in [9.17, 15) is 9.59 Å². The molecule has 0 saturated carbocycles. The van der Waals surface area contributed by atoms with Crippen LogP contribution in [0.4, 0.5) is 0 Å². The van der Waals surface area contributed by atoms with E-state index >= 15 is 0 Å². The molecule has 0 radical (unpaired) electrons. The number of aryl methyl sites for hydroxylation is 1. The number of nitrogens with zero attached hydrogens (tertiary/aromatic N) is 3. The Balaban J connectivity index is 2.89. The van der Waals surface area contributed by atoms with Gasteiger partial charge in [-0.25, -0.2) is 0 Å². The predicted octanol–water partition coefficient (Wildman–Crippen LogP) is 1.24. The quantitative estimate of drug-likeness (QED) is 0.914. The summed E-state index contributed by atoms with van der Waals surface area (Å²) < 4.78 is 3.49. The lowest BCUT2D eigenvalue weighted by Crippen LogP contribution is -2.27. The van der Waals surface area contributed by atoms with Crippen LogP contribution in [-0.2, 0) is 7.05 Å². The first kappa shape index (κ1) is 14.0. The Morgan fingerprint density at radius 3 is 2.50 bits per heavy atom. The number of amides is 1. The average molecular weight is 274 g/mol. The van der Waals surface area contributed by atoms with E-state index in [2.05, 4.69) is 5.10 Å². The van der Waals surface area contributed by atoms with E-state index in [0.717, 1.165) is 5.69 Å². The van der Waals surface area contributed by atoms with E-state index in [4.69, 9.17) is 5.73 Å². The van der Waals surface area contributed by atoms with Gasteiger partial charge in [-0.1, -0.05) is 0 Å². The van der Waals surface area contributed by atoms with Gasteiger partial charge in [0.1, 0.15) is 5.56 Å². The van der Waals surface area contributed by atoms with Gasteiger partial charge in [0.15, 0.2) is 0 Å². The molecule has 2 heterocycles. The third kappa shape index (κ3) is 2.13. The van der Waals surface area contributed by atoms with Gasteiger partial charge in [0.05, 0.1) is 11.3 Å². The van der Waals surface area contributed by atoms with E-state index in [0.29, 0.717) is 11.3 Å². The zero-order valence-corrected chi connectivity index (χ0v) is 12.0. The van der Waals surface area contributed by atoms with Crippen LogP contribution in [0.5, 0.6) is 0 Å². The van der Waals surface area contributed by atoms with Crippen molar-refractivity contribution in [1.29, 1.82) is 0 Å². The maximum atomic E-state index is 12.5. The number of hydrogen-bond donors (Lipinski definition) is 1. The molecule has 0 aromatic carbocycles. The van der Waals surface area contributed by atoms with Gasteiger partial charge in [-0.05, 0) is 26.8 Å². The van der Waals surface area contributed by atoms with Gasteiger partial charge in [-0.3, -0.25) is 14.3 Å². The third-order valence-corrected chi connectivity index (χ3v) is 3.39. The molecule has 106 valence electrons. The van der Waals surface area contributed by atoms with Gasteiger partial charge in [-0.2, -0.15) is 5.10 Å². The van der Waals surface area contributed by atoms with Gasteiger partial charge < -0.3 is 10.3 Å². The zero-order chi connectivity index (χ0) is 15.0. The minimum Gasteiger partial charge on any atom is -0.365 e. The zero-order valence-electron chi connectivity index (χ0n) is 12.0. The lowest BCUT2D eigenvalue weighted by atomic mass is 10.1. The van der Waals surface area contributed by atoms with Gasteiger partial charge >= 0.3 is 0 Å². The van der Waals surface area contributed by atoms with Crippen LogP contribution in [0, 0.1) is 6.92 Å². The highest BCUT2D eigenvalue weighted by Gasteiger charge is 2.20. The van der Waals surface area contributed by atoms with E-state index in [1.54, 1.807) is 24.0 Å². The summed E-state index contributed by atoms with van der Waals surface area (Å²) >= 11 is 0. The van der Waals surface area contributed by atoms with Crippen LogP contribution >= 0.6 is 0 Å². The first-order valence-corrected chi connectivity index (χ1v) is 6.38. The molecule has 2 N–H and O–H groups in total. The first-order chi connectivity index (χ1) is 9.34. The molecule has 0 atom stereocenters. The Morgan fingerprint density at radius 2 is 2.05 bits per heavy atom. The number of rotatable bonds is 3. The third-order valence-electron chi connectivity index (χ3n) is 3.39. The summed E-state index contributed by atoms with van der Waals surface area (Å²) in [6.45, 7) is 5.82. The van der Waals surface area contributed by atoms with Gasteiger partial charge in [0, 0.05) is 31.2 Å². The van der Waals surface area contributed by atoms with E-state index in [1.807, 2.05) is 25.3 Å². The fraction of sp³-hybridized carbons (Fsp3) is 0.357. The highest BCUT2D eigenvalue weighted by Crippen LogP contribution is 2.22. The monoisotopic (exact) mass is 274 g/mol. The highest BCUT2D eigenvalue weighted by molar-refractivity contribution is 5.93. The second-order valence-electron chi connectivity index (χ2n) is 5.04. The van der Waals surface area contributed by atoms with E-state index < -0.39 is 5.91 Å². The molecular weight excluding hydrogens is 256 g/mol. The summed E-state index contributed by atoms with van der Waals surface area (Å²) in [4.78, 5) is 24.0. The van der Waals surface area contributed by atoms with Crippen molar-refractivity contribution in [2.75, 3.05) is 0 Å². The first-order valence-electron chi connectivity index (χ1n) is 6.38. The number of nitrogens with two attached hydrogens (primary N) is 1. The Bertz CT molecular complexity index is 725. The molecule has 2 aromatic rings. The molecule has 6 nitrogen and oxygen atoms in total. The smallest absolute Gasteiger partial charge is 0.254 e. The molecule has 0 fully saturated rings. The maximum Gasteiger partial charge on any atom is 0.254 e. The second kappa shape index (κ2) is 4.96. The summed E-state index contributed by atoms with van der Waals surface area (Å²) in [5.74, 6) is -0.715. The molecule has 0 bridgehead atoms. The molecule has 1 amide bonds. The Morgan fingerprint density at radius 1 is 1.40 bits per heavy atom. The van der Waals surface area contributed by atoms with Crippen molar-refractivity contribution in [2.24, 2.45) is 12.8 Å². The van der Waals surface area contributed by atoms with Crippen LogP contribution in [0.15, 0.2) is 23.3 Å². The van der Waals surface area contributed by atoms with Gasteiger partial charge in [0.25, 0.3) is 5.91 Å². The van der Waals surface area contributed by atoms with Gasteiger partial charge in [-0.15, -0.1) is 0 Å². The van der Waals surface area contributed by atoms with Crippen molar-refractivity contribution in [3.05, 3.63) is 39.9 Å². The maximum absolute atomic E-state index is 12.5. The SMILES string of the molecule is Cc1c(-c2ccnn2C)c(=O)c(C(N)=O)cn1C(C)C. The van der Waals surface area contributed by atoms with E-state index in [-0.39, 0.29) is 17.0 Å². The number of carbonyl (C=O) groups is 1. The lowest BCUT2D eigenvalue weighted by molar-refractivity contribution is 0.0998. The van der Waals surface area contributed by atoms with Crippen LogP contribution < -0.4 is 11.2 Å². The highest BCUT2D eigenvalue weighted by atomic mass is 16.2. The van der Waals surface area contributed by atoms with Crippen molar-refractivity contribution < 1.29 is 4.79 Å². The Kier molecular flexibility index (Phi) is 3.48. The molecule has 0 aliphatic carbocycles. The minimum absolute atomic E-state index is 0.000463. The van der Waals surface area contributed by atoms with Crippen molar-refractivity contribution in [3.63, 3.8) is 0 Å². The van der Waals surface area contributed by atoms with Crippen LogP contribution in [0.25, 0.3) is 11.3 Å². The Labute approximate surface area is 116 Å². The molecule has 20 heavy (non-hydrogen) atoms. The van der Waals surface area contributed by atoms with Crippen molar-refractivity contribution >= 4 is 5.91 Å². The summed E-state index contributed by atoms with van der Waals surface area (Å²) in [6.07, 6.45) is 3.15. The molecule has 0 aliphatic rings. The second-order valence-corrected chi connectivity index (χ2v) is 5.04. The van der Waals surface area contributed by atoms with Crippen molar-refractivity contribution in [3.8, 4) is 11.3 Å². The number of pyridine rings is 1. The predicted molar refractivity (Wildman–Crippen MR) is 76.5 cm³/mol. The lowest BCUT2D eigenvalue weighted by Gasteiger charge is -2.19. The number of carbonyl (C=O) groups excluding carboxylic acids is 1. The molecular formula is C14H18N4O2. The summed E-state index contributed by atoms with van der Waals surface area (Å²) in [7, 11) is 1.75. The molecule has 0 aliphatic heterocycles. The summed E-state index contributed by atoms with van der Waals surface area (Å²) in [6, 6.07) is 1.86. The number of primary amides is 1. The molecule has 2 aromatic heterocycles. The van der Waals surface area contributed by atoms with Gasteiger partial charge in [0.2, 0.25) is 5.43 Å². The van der Waals surface area contributed by atoms with Crippen LogP contribution in [0.3, 0.4) is 0 Å². The van der Waals surface area contributed by atoms with Crippen LogP contribution in [-0.4, -0.2) is 20.3 Å². The normalized spacial score (nSPS) is 11.1. The van der Waals surface area contributed by atoms with Crippen molar-refractivity contribution in [1.82, 2.24) is 14.3 Å². The van der Waals surface area contributed by atoms with Crippen LogP contribution in [0.1, 0.15) is 35.9 Å². The summed E-state index contributed by atoms with van der Waals surface area (Å²) in [5.41, 5.74) is 6.90. The largest absolute Gasteiger partial charge is 0.365 e. The molecule has 0 saturated heterocycles. The molecule has 2 rings (SSSR count). The minimum atomic E-state index is -0.715. The molecule has 6 heteroatoms. The number of aromatic nitrogens is 3. The average Bonchev–Trinajstić information content (AvgIpc) is 2.75. The fourth-order valence-electron chi connectivity index (χ4n) is 2.36. The topological polar surface area (TPSA) is 82.9 Å². The van der Waals surface area contributed by atoms with Crippen molar-refractivity contribution in [2.45, 2.75) is 26.8 Å². The fourth-order valence-corrected chi connectivity index (χ4v) is 2.36. The molecule has 0 unspecified atom stereocenters. The Hall–Kier alpha value is -2.37. The standard InChI is InChI=1S/C14H18N4O2/c1-8(2)18-7-10(14(15)20)13(19)12(9(18)3)11-5-6-16-17(11)4/h5-8H,1-4H3,(H2,15,20). The van der Waals surface area contributed by atoms with Crippen LogP contribution in [0.2, 0.25) is 0 Å².